The number of fused-ring (bicyclic) bond motifs is 1. The van der Waals surface area contributed by atoms with E-state index >= 15 is 0 Å². The molecule has 3 nitrogen and oxygen atoms in total. The topological polar surface area (TPSA) is 31.2 Å². The molecule has 4 aromatic rings. The van der Waals surface area contributed by atoms with E-state index in [1.165, 1.54) is 0 Å². The fraction of sp³-hybridized carbons (Fsp3) is 0.0870. The zero-order valence-electron chi connectivity index (χ0n) is 14.9. The summed E-state index contributed by atoms with van der Waals surface area (Å²) >= 11 is 5.97. The number of aromatic nitrogens is 1. The SMILES string of the molecule is COc1ccc2c(c1)c(-c1ccccc1)c(-c1ccccc1)n2C(=O)CCl. The van der Waals surface area contributed by atoms with Gasteiger partial charge in [0, 0.05) is 10.9 Å². The average Bonchev–Trinajstić information content (AvgIpc) is 3.08. The quantitative estimate of drug-likeness (QED) is 0.418. The van der Waals surface area contributed by atoms with Gasteiger partial charge < -0.3 is 4.74 Å². The maximum atomic E-state index is 12.8. The molecule has 0 aliphatic rings. The van der Waals surface area contributed by atoms with Crippen LogP contribution in [0.15, 0.2) is 78.9 Å². The lowest BCUT2D eigenvalue weighted by molar-refractivity contribution is 0.0947. The van der Waals surface area contributed by atoms with Crippen LogP contribution in [0.3, 0.4) is 0 Å². The van der Waals surface area contributed by atoms with Gasteiger partial charge in [0.2, 0.25) is 5.91 Å². The third kappa shape index (κ3) is 3.00. The van der Waals surface area contributed by atoms with Crippen LogP contribution < -0.4 is 4.74 Å². The highest BCUT2D eigenvalue weighted by Crippen LogP contribution is 2.42. The maximum absolute atomic E-state index is 12.8. The van der Waals surface area contributed by atoms with Crippen LogP contribution >= 0.6 is 11.6 Å². The molecule has 0 aliphatic heterocycles. The molecule has 4 heteroatoms. The standard InChI is InChI=1S/C23H18ClNO2/c1-27-18-12-13-20-19(14-18)22(16-8-4-2-5-9-16)23(25(20)21(26)15-24)17-10-6-3-7-11-17/h2-14H,15H2,1H3. The minimum Gasteiger partial charge on any atom is -0.497 e. The van der Waals surface area contributed by atoms with Gasteiger partial charge in [-0.2, -0.15) is 0 Å². The Morgan fingerprint density at radius 2 is 1.56 bits per heavy atom. The largest absolute Gasteiger partial charge is 0.497 e. The molecule has 0 fully saturated rings. The zero-order chi connectivity index (χ0) is 18.8. The average molecular weight is 376 g/mol. The van der Waals surface area contributed by atoms with E-state index in [-0.39, 0.29) is 11.8 Å². The van der Waals surface area contributed by atoms with Crippen molar-refractivity contribution in [3.8, 4) is 28.1 Å². The third-order valence-electron chi connectivity index (χ3n) is 4.65. The summed E-state index contributed by atoms with van der Waals surface area (Å²) in [4.78, 5) is 12.8. The number of hydrogen-bond donors (Lipinski definition) is 0. The van der Waals surface area contributed by atoms with Crippen molar-refractivity contribution in [3.05, 3.63) is 78.9 Å². The highest BCUT2D eigenvalue weighted by atomic mass is 35.5. The van der Waals surface area contributed by atoms with Crippen molar-refractivity contribution in [1.29, 1.82) is 0 Å². The molecule has 0 radical (unpaired) electrons. The van der Waals surface area contributed by atoms with Crippen molar-refractivity contribution in [1.82, 2.24) is 4.57 Å². The van der Waals surface area contributed by atoms with Crippen molar-refractivity contribution >= 4 is 28.4 Å². The Morgan fingerprint density at radius 1 is 0.926 bits per heavy atom. The molecule has 134 valence electrons. The highest BCUT2D eigenvalue weighted by Gasteiger charge is 2.23. The van der Waals surface area contributed by atoms with Gasteiger partial charge in [-0.15, -0.1) is 11.6 Å². The third-order valence-corrected chi connectivity index (χ3v) is 4.88. The summed E-state index contributed by atoms with van der Waals surface area (Å²) in [5.41, 5.74) is 4.66. The van der Waals surface area contributed by atoms with Crippen molar-refractivity contribution in [2.75, 3.05) is 13.0 Å². The Hall–Kier alpha value is -3.04. The first-order valence-corrected chi connectivity index (χ1v) is 9.20. The minimum atomic E-state index is -0.159. The molecule has 4 rings (SSSR count). The Labute approximate surface area is 162 Å². The Morgan fingerprint density at radius 3 is 2.15 bits per heavy atom. The van der Waals surface area contributed by atoms with Crippen LogP contribution in [0.2, 0.25) is 0 Å². The number of carbonyl (C=O) groups is 1. The van der Waals surface area contributed by atoms with Gasteiger partial charge in [0.1, 0.15) is 11.6 Å². The van der Waals surface area contributed by atoms with Crippen LogP contribution in [-0.4, -0.2) is 23.5 Å². The molecule has 27 heavy (non-hydrogen) atoms. The minimum absolute atomic E-state index is 0.0934. The summed E-state index contributed by atoms with van der Waals surface area (Å²) in [6.45, 7) is 0. The van der Waals surface area contributed by atoms with Crippen LogP contribution in [0, 0.1) is 0 Å². The lowest BCUT2D eigenvalue weighted by atomic mass is 9.98. The van der Waals surface area contributed by atoms with Crippen molar-refractivity contribution in [3.63, 3.8) is 0 Å². The van der Waals surface area contributed by atoms with E-state index in [0.29, 0.717) is 0 Å². The number of ether oxygens (including phenoxy) is 1. The highest BCUT2D eigenvalue weighted by molar-refractivity contribution is 6.29. The second-order valence-corrected chi connectivity index (χ2v) is 6.47. The molecule has 3 aromatic carbocycles. The molecule has 0 aliphatic carbocycles. The van der Waals surface area contributed by atoms with Gasteiger partial charge in [-0.3, -0.25) is 9.36 Å². The number of alkyl halides is 1. The maximum Gasteiger partial charge on any atom is 0.246 e. The fourth-order valence-corrected chi connectivity index (χ4v) is 3.60. The number of rotatable bonds is 4. The van der Waals surface area contributed by atoms with Gasteiger partial charge in [-0.05, 0) is 29.3 Å². The molecule has 0 amide bonds. The van der Waals surface area contributed by atoms with E-state index in [1.807, 2.05) is 66.7 Å². The summed E-state index contributed by atoms with van der Waals surface area (Å²) in [6.07, 6.45) is 0. The van der Waals surface area contributed by atoms with E-state index in [9.17, 15) is 4.79 Å². The van der Waals surface area contributed by atoms with E-state index in [1.54, 1.807) is 11.7 Å². The zero-order valence-corrected chi connectivity index (χ0v) is 15.6. The van der Waals surface area contributed by atoms with Crippen molar-refractivity contribution < 1.29 is 9.53 Å². The Bertz CT molecular complexity index is 1100. The monoisotopic (exact) mass is 375 g/mol. The van der Waals surface area contributed by atoms with Crippen LogP contribution in [0.25, 0.3) is 33.3 Å². The molecule has 0 atom stereocenters. The van der Waals surface area contributed by atoms with E-state index < -0.39 is 0 Å². The van der Waals surface area contributed by atoms with E-state index in [0.717, 1.165) is 39.0 Å². The number of carbonyl (C=O) groups excluding carboxylic acids is 1. The van der Waals surface area contributed by atoms with Crippen LogP contribution in [-0.2, 0) is 0 Å². The summed E-state index contributed by atoms with van der Waals surface area (Å²) in [5, 5.41) is 0.956. The predicted octanol–water partition coefficient (Wildman–Crippen LogP) is 5.86. The molecule has 0 bridgehead atoms. The normalized spacial score (nSPS) is 10.9. The van der Waals surface area contributed by atoms with Crippen molar-refractivity contribution in [2.24, 2.45) is 0 Å². The molecule has 0 spiro atoms. The molecule has 0 saturated carbocycles. The summed E-state index contributed by atoms with van der Waals surface area (Å²) in [5.74, 6) is 0.492. The molecule has 1 aromatic heterocycles. The van der Waals surface area contributed by atoms with Gasteiger partial charge in [-0.25, -0.2) is 0 Å². The van der Waals surface area contributed by atoms with Gasteiger partial charge in [0.15, 0.2) is 0 Å². The summed E-state index contributed by atoms with van der Waals surface area (Å²) in [6, 6.07) is 25.8. The molecular weight excluding hydrogens is 358 g/mol. The second-order valence-electron chi connectivity index (χ2n) is 6.20. The number of hydrogen-bond acceptors (Lipinski definition) is 2. The molecule has 0 saturated heterocycles. The van der Waals surface area contributed by atoms with Crippen molar-refractivity contribution in [2.45, 2.75) is 0 Å². The van der Waals surface area contributed by atoms with Gasteiger partial charge in [0.25, 0.3) is 0 Å². The Kier molecular flexibility index (Phi) is 4.69. The fourth-order valence-electron chi connectivity index (χ4n) is 3.48. The lowest BCUT2D eigenvalue weighted by Crippen LogP contribution is -2.13. The molecule has 0 unspecified atom stereocenters. The van der Waals surface area contributed by atoms with Gasteiger partial charge in [0.05, 0.1) is 18.3 Å². The van der Waals surface area contributed by atoms with Gasteiger partial charge >= 0.3 is 0 Å². The first-order chi connectivity index (χ1) is 13.2. The van der Waals surface area contributed by atoms with Gasteiger partial charge in [-0.1, -0.05) is 60.7 Å². The predicted molar refractivity (Wildman–Crippen MR) is 111 cm³/mol. The Balaban J connectivity index is 2.18. The van der Waals surface area contributed by atoms with E-state index in [4.69, 9.17) is 16.3 Å². The first-order valence-electron chi connectivity index (χ1n) is 8.67. The second kappa shape index (κ2) is 7.29. The first kappa shape index (κ1) is 17.4. The van der Waals surface area contributed by atoms with E-state index in [2.05, 4.69) is 12.1 Å². The van der Waals surface area contributed by atoms with Crippen LogP contribution in [0.4, 0.5) is 0 Å². The summed E-state index contributed by atoms with van der Waals surface area (Å²) < 4.78 is 7.16. The molecular formula is C23H18ClNO2. The number of benzene rings is 3. The smallest absolute Gasteiger partial charge is 0.246 e. The number of halogens is 1. The molecule has 1 heterocycles. The van der Waals surface area contributed by atoms with Crippen LogP contribution in [0.1, 0.15) is 4.79 Å². The lowest BCUT2D eigenvalue weighted by Gasteiger charge is -2.10. The molecule has 0 N–H and O–H groups in total. The number of nitrogens with zero attached hydrogens (tertiary/aromatic N) is 1. The number of methoxy groups -OCH3 is 1. The summed E-state index contributed by atoms with van der Waals surface area (Å²) in [7, 11) is 1.64. The van der Waals surface area contributed by atoms with Crippen LogP contribution in [0.5, 0.6) is 5.75 Å².